The molecule has 0 bridgehead atoms. The molecule has 2 heterocycles. The van der Waals surface area contributed by atoms with Crippen LogP contribution in [0.15, 0.2) is 41.0 Å². The number of hydrogen-bond acceptors (Lipinski definition) is 3. The number of halogens is 1. The van der Waals surface area contributed by atoms with Gasteiger partial charge < -0.3 is 9.64 Å². The molecule has 3 rings (SSSR count). The van der Waals surface area contributed by atoms with E-state index < -0.39 is 0 Å². The number of aromatic nitrogens is 2. The van der Waals surface area contributed by atoms with Crippen molar-refractivity contribution in [3.63, 3.8) is 0 Å². The van der Waals surface area contributed by atoms with E-state index in [1.165, 1.54) is 6.42 Å². The number of amides is 1. The van der Waals surface area contributed by atoms with E-state index in [2.05, 4.69) is 28.0 Å². The van der Waals surface area contributed by atoms with Crippen molar-refractivity contribution >= 4 is 21.8 Å². The summed E-state index contributed by atoms with van der Waals surface area (Å²) in [7, 11) is 0. The zero-order valence-electron chi connectivity index (χ0n) is 13.1. The lowest BCUT2D eigenvalue weighted by Crippen LogP contribution is -2.42. The van der Waals surface area contributed by atoms with E-state index in [0.29, 0.717) is 11.7 Å². The molecule has 1 aliphatic rings. The number of rotatable bonds is 4. The molecule has 1 fully saturated rings. The van der Waals surface area contributed by atoms with E-state index in [1.54, 1.807) is 16.9 Å². The van der Waals surface area contributed by atoms with Crippen LogP contribution in [0.3, 0.4) is 0 Å². The number of carbonyl (C=O) groups is 1. The van der Waals surface area contributed by atoms with Crippen LogP contribution in [0.25, 0.3) is 0 Å². The number of hydrogen-bond donors (Lipinski definition) is 0. The molecule has 122 valence electrons. The molecule has 1 aromatic carbocycles. The fourth-order valence-electron chi connectivity index (χ4n) is 2.77. The maximum atomic E-state index is 12.5. The van der Waals surface area contributed by atoms with Crippen LogP contribution in [0.5, 0.6) is 5.75 Å². The molecule has 0 aliphatic carbocycles. The van der Waals surface area contributed by atoms with Crippen molar-refractivity contribution in [2.45, 2.75) is 39.0 Å². The van der Waals surface area contributed by atoms with Gasteiger partial charge in [-0.15, -0.1) is 0 Å². The standard InChI is InChI=1S/C17H20BrN3O2/c1-13-4-2-3-10-21(13)17(22)16-9-11-20(19-16)12-23-15-7-5-14(18)6-8-15/h5-9,11,13H,2-4,10,12H2,1H3. The molecule has 0 N–H and O–H groups in total. The van der Waals surface area contributed by atoms with E-state index in [9.17, 15) is 4.79 Å². The average Bonchev–Trinajstić information content (AvgIpc) is 3.03. The largest absolute Gasteiger partial charge is 0.471 e. The van der Waals surface area contributed by atoms with Crippen LogP contribution >= 0.6 is 15.9 Å². The van der Waals surface area contributed by atoms with Gasteiger partial charge in [-0.3, -0.25) is 4.79 Å². The SMILES string of the molecule is CC1CCCCN1C(=O)c1ccn(COc2ccc(Br)cc2)n1. The minimum Gasteiger partial charge on any atom is -0.471 e. The zero-order chi connectivity index (χ0) is 16.2. The summed E-state index contributed by atoms with van der Waals surface area (Å²) in [6.07, 6.45) is 5.11. The molecule has 23 heavy (non-hydrogen) atoms. The zero-order valence-corrected chi connectivity index (χ0v) is 14.7. The fraction of sp³-hybridized carbons (Fsp3) is 0.412. The van der Waals surface area contributed by atoms with Gasteiger partial charge in [-0.05, 0) is 56.5 Å². The van der Waals surface area contributed by atoms with Crippen molar-refractivity contribution in [1.29, 1.82) is 0 Å². The average molecular weight is 378 g/mol. The van der Waals surface area contributed by atoms with Crippen LogP contribution in [0.4, 0.5) is 0 Å². The van der Waals surface area contributed by atoms with Crippen LogP contribution in [0, 0.1) is 0 Å². The van der Waals surface area contributed by atoms with E-state index in [1.807, 2.05) is 29.2 Å². The minimum absolute atomic E-state index is 0.0135. The molecule has 1 atom stereocenters. The van der Waals surface area contributed by atoms with Gasteiger partial charge in [0.05, 0.1) is 0 Å². The number of piperidine rings is 1. The second kappa shape index (κ2) is 7.17. The van der Waals surface area contributed by atoms with Crippen molar-refractivity contribution in [1.82, 2.24) is 14.7 Å². The summed E-state index contributed by atoms with van der Waals surface area (Å²) < 4.78 is 8.31. The number of carbonyl (C=O) groups excluding carboxylic acids is 1. The second-order valence-electron chi connectivity index (χ2n) is 5.81. The van der Waals surface area contributed by atoms with Crippen molar-refractivity contribution < 1.29 is 9.53 Å². The quantitative estimate of drug-likeness (QED) is 0.815. The van der Waals surface area contributed by atoms with E-state index in [-0.39, 0.29) is 12.6 Å². The third kappa shape index (κ3) is 3.93. The smallest absolute Gasteiger partial charge is 0.274 e. The molecular formula is C17H20BrN3O2. The minimum atomic E-state index is 0.0135. The molecule has 6 heteroatoms. The van der Waals surface area contributed by atoms with Gasteiger partial charge in [0.1, 0.15) is 5.75 Å². The lowest BCUT2D eigenvalue weighted by Gasteiger charge is -2.32. The molecule has 2 aromatic rings. The summed E-state index contributed by atoms with van der Waals surface area (Å²) >= 11 is 3.39. The highest BCUT2D eigenvalue weighted by atomic mass is 79.9. The summed E-state index contributed by atoms with van der Waals surface area (Å²) in [5.74, 6) is 0.779. The Hall–Kier alpha value is -1.82. The van der Waals surface area contributed by atoms with Crippen LogP contribution < -0.4 is 4.74 Å². The first-order valence-corrected chi connectivity index (χ1v) is 8.65. The Morgan fingerprint density at radius 2 is 2.09 bits per heavy atom. The first kappa shape index (κ1) is 16.1. The Morgan fingerprint density at radius 1 is 1.30 bits per heavy atom. The van der Waals surface area contributed by atoms with Crippen LogP contribution in [-0.4, -0.2) is 33.2 Å². The third-order valence-electron chi connectivity index (χ3n) is 4.10. The van der Waals surface area contributed by atoms with Crippen molar-refractivity contribution in [3.8, 4) is 5.75 Å². The monoisotopic (exact) mass is 377 g/mol. The first-order chi connectivity index (χ1) is 11.1. The molecular weight excluding hydrogens is 358 g/mol. The number of benzene rings is 1. The lowest BCUT2D eigenvalue weighted by molar-refractivity contribution is 0.0627. The molecule has 1 saturated heterocycles. The van der Waals surface area contributed by atoms with Crippen molar-refractivity contribution in [2.75, 3.05) is 6.54 Å². The first-order valence-electron chi connectivity index (χ1n) is 7.86. The van der Waals surface area contributed by atoms with Gasteiger partial charge in [-0.2, -0.15) is 5.10 Å². The van der Waals surface area contributed by atoms with Crippen LogP contribution in [-0.2, 0) is 6.73 Å². The molecule has 0 radical (unpaired) electrons. The Kier molecular flexibility index (Phi) is 5.00. The van der Waals surface area contributed by atoms with E-state index in [0.717, 1.165) is 29.6 Å². The Balaban J connectivity index is 1.61. The predicted molar refractivity (Wildman–Crippen MR) is 91.3 cm³/mol. The molecule has 1 aromatic heterocycles. The summed E-state index contributed by atoms with van der Waals surface area (Å²) in [6.45, 7) is 3.21. The molecule has 0 spiro atoms. The Morgan fingerprint density at radius 3 is 2.83 bits per heavy atom. The summed E-state index contributed by atoms with van der Waals surface area (Å²) in [5, 5.41) is 4.34. The Bertz CT molecular complexity index is 669. The van der Waals surface area contributed by atoms with Gasteiger partial charge in [-0.1, -0.05) is 15.9 Å². The maximum absolute atomic E-state index is 12.5. The van der Waals surface area contributed by atoms with Crippen molar-refractivity contribution in [3.05, 3.63) is 46.7 Å². The van der Waals surface area contributed by atoms with Crippen molar-refractivity contribution in [2.24, 2.45) is 0 Å². The third-order valence-corrected chi connectivity index (χ3v) is 4.63. The lowest BCUT2D eigenvalue weighted by atomic mass is 10.0. The fourth-order valence-corrected chi connectivity index (χ4v) is 3.03. The number of likely N-dealkylation sites (tertiary alicyclic amines) is 1. The van der Waals surface area contributed by atoms with Gasteiger partial charge in [-0.25, -0.2) is 4.68 Å². The van der Waals surface area contributed by atoms with E-state index in [4.69, 9.17) is 4.74 Å². The highest BCUT2D eigenvalue weighted by Crippen LogP contribution is 2.19. The summed E-state index contributed by atoms with van der Waals surface area (Å²) in [5.41, 5.74) is 0.484. The molecule has 1 amide bonds. The molecule has 1 unspecified atom stereocenters. The molecule has 5 nitrogen and oxygen atoms in total. The van der Waals surface area contributed by atoms with E-state index >= 15 is 0 Å². The highest BCUT2D eigenvalue weighted by Gasteiger charge is 2.25. The maximum Gasteiger partial charge on any atom is 0.274 e. The van der Waals surface area contributed by atoms with Gasteiger partial charge in [0.15, 0.2) is 12.4 Å². The van der Waals surface area contributed by atoms with Gasteiger partial charge in [0.2, 0.25) is 0 Å². The van der Waals surface area contributed by atoms with Gasteiger partial charge >= 0.3 is 0 Å². The molecule has 1 aliphatic heterocycles. The topological polar surface area (TPSA) is 47.4 Å². The second-order valence-corrected chi connectivity index (χ2v) is 6.73. The van der Waals surface area contributed by atoms with Gasteiger partial charge in [0.25, 0.3) is 5.91 Å². The van der Waals surface area contributed by atoms with Crippen LogP contribution in [0.1, 0.15) is 36.7 Å². The number of ether oxygens (including phenoxy) is 1. The van der Waals surface area contributed by atoms with Gasteiger partial charge in [0, 0.05) is 23.3 Å². The normalized spacial score (nSPS) is 18.0. The predicted octanol–water partition coefficient (Wildman–Crippen LogP) is 3.70. The highest BCUT2D eigenvalue weighted by molar-refractivity contribution is 9.10. The van der Waals surface area contributed by atoms with Crippen LogP contribution in [0.2, 0.25) is 0 Å². The summed E-state index contributed by atoms with van der Waals surface area (Å²) in [6, 6.07) is 9.66. The molecule has 0 saturated carbocycles. The Labute approximate surface area is 144 Å². The summed E-state index contributed by atoms with van der Waals surface area (Å²) in [4.78, 5) is 14.5. The number of nitrogens with zero attached hydrogens (tertiary/aromatic N) is 3.